The fourth-order valence-corrected chi connectivity index (χ4v) is 5.80. The Bertz CT molecular complexity index is 720. The third kappa shape index (κ3) is 5.41. The van der Waals surface area contributed by atoms with Gasteiger partial charge in [-0.2, -0.15) is 10.1 Å². The second kappa shape index (κ2) is 7.84. The maximum Gasteiger partial charge on any atom is 0.430 e. The fourth-order valence-electron chi connectivity index (χ4n) is 3.24. The van der Waals surface area contributed by atoms with E-state index in [0.29, 0.717) is 0 Å². The summed E-state index contributed by atoms with van der Waals surface area (Å²) in [6, 6.07) is 9.48. The number of carbonyl (C=O) groups is 2. The third-order valence-corrected chi connectivity index (χ3v) is 6.79. The van der Waals surface area contributed by atoms with Crippen molar-refractivity contribution in [1.29, 1.82) is 0 Å². The number of nitrogens with zero attached hydrogens (tertiary/aromatic N) is 2. The van der Waals surface area contributed by atoms with E-state index in [1.54, 1.807) is 0 Å². The van der Waals surface area contributed by atoms with Gasteiger partial charge in [0, 0.05) is 5.92 Å². The van der Waals surface area contributed by atoms with Crippen LogP contribution < -0.4 is 0 Å². The van der Waals surface area contributed by atoms with Crippen LogP contribution in [0.5, 0.6) is 0 Å². The first-order chi connectivity index (χ1) is 12.4. The molecule has 148 valence electrons. The Morgan fingerprint density at radius 3 is 2.26 bits per heavy atom. The summed E-state index contributed by atoms with van der Waals surface area (Å²) in [5, 5.41) is 5.71. The van der Waals surface area contributed by atoms with Crippen LogP contribution in [0.4, 0.5) is 4.79 Å². The Morgan fingerprint density at radius 2 is 1.74 bits per heavy atom. The molecule has 0 spiro atoms. The average Bonchev–Trinajstić information content (AvgIpc) is 2.90. The summed E-state index contributed by atoms with van der Waals surface area (Å²) >= 11 is 0. The quantitative estimate of drug-likeness (QED) is 0.570. The molecule has 0 aromatic heterocycles. The molecule has 7 heteroatoms. The zero-order valence-corrected chi connectivity index (χ0v) is 18.3. The molecule has 0 fully saturated rings. The number of benzene rings is 1. The molecule has 6 nitrogen and oxygen atoms in total. The fraction of sp³-hybridized carbons (Fsp3) is 0.550. The van der Waals surface area contributed by atoms with Gasteiger partial charge in [-0.1, -0.05) is 56.9 Å². The Kier molecular flexibility index (Phi) is 6.14. The first kappa shape index (κ1) is 21.2. The maximum atomic E-state index is 12.7. The molecular weight excluding hydrogens is 360 g/mol. The lowest BCUT2D eigenvalue weighted by molar-refractivity contribution is -0.146. The third-order valence-electron chi connectivity index (χ3n) is 4.27. The summed E-state index contributed by atoms with van der Waals surface area (Å²) in [7, 11) is -1.86. The van der Waals surface area contributed by atoms with Crippen molar-refractivity contribution in [3.05, 3.63) is 35.9 Å². The van der Waals surface area contributed by atoms with E-state index in [2.05, 4.69) is 24.7 Å². The smallest absolute Gasteiger partial charge is 0.430 e. The van der Waals surface area contributed by atoms with Crippen molar-refractivity contribution >= 4 is 25.8 Å². The summed E-state index contributed by atoms with van der Waals surface area (Å²) < 4.78 is 10.9. The van der Waals surface area contributed by atoms with Crippen LogP contribution in [0, 0.1) is 5.92 Å². The first-order valence-corrected chi connectivity index (χ1v) is 12.8. The van der Waals surface area contributed by atoms with E-state index < -0.39 is 25.7 Å². The van der Waals surface area contributed by atoms with Gasteiger partial charge in [-0.15, -0.1) is 0 Å². The SMILES string of the molecule is C[C@@H]1C(C(=O)OC(C)(C)C)=NN(C(=O)OCc2ccccc2)[C@@H]1[Si](C)(C)C. The minimum absolute atomic E-state index is 0.164. The van der Waals surface area contributed by atoms with Crippen LogP contribution in [0.1, 0.15) is 33.3 Å². The van der Waals surface area contributed by atoms with Crippen LogP contribution in [0.2, 0.25) is 19.6 Å². The largest absolute Gasteiger partial charge is 0.455 e. The topological polar surface area (TPSA) is 68.2 Å². The molecule has 1 aliphatic heterocycles. The molecule has 27 heavy (non-hydrogen) atoms. The highest BCUT2D eigenvalue weighted by Gasteiger charge is 2.48. The van der Waals surface area contributed by atoms with Crippen molar-refractivity contribution in [1.82, 2.24) is 5.01 Å². The summed E-state index contributed by atoms with van der Waals surface area (Å²) in [5.41, 5.74) is 0.408. The van der Waals surface area contributed by atoms with Gasteiger partial charge in [0.2, 0.25) is 0 Å². The van der Waals surface area contributed by atoms with Crippen LogP contribution in [-0.2, 0) is 20.9 Å². The second-order valence-corrected chi connectivity index (χ2v) is 14.3. The molecule has 1 aliphatic rings. The Hall–Kier alpha value is -2.15. The minimum Gasteiger partial charge on any atom is -0.455 e. The van der Waals surface area contributed by atoms with E-state index in [9.17, 15) is 9.59 Å². The molecule has 1 heterocycles. The van der Waals surface area contributed by atoms with Gasteiger partial charge in [-0.3, -0.25) is 0 Å². The highest BCUT2D eigenvalue weighted by atomic mass is 28.3. The summed E-state index contributed by atoms with van der Waals surface area (Å²) in [6.07, 6.45) is -0.531. The van der Waals surface area contributed by atoms with E-state index >= 15 is 0 Å². The number of rotatable bonds is 4. The number of esters is 1. The van der Waals surface area contributed by atoms with Crippen molar-refractivity contribution < 1.29 is 19.1 Å². The molecule has 1 amide bonds. The molecule has 0 saturated carbocycles. The molecule has 0 radical (unpaired) electrons. The molecule has 0 unspecified atom stereocenters. The Morgan fingerprint density at radius 1 is 1.15 bits per heavy atom. The van der Waals surface area contributed by atoms with Crippen molar-refractivity contribution in [3.63, 3.8) is 0 Å². The summed E-state index contributed by atoms with van der Waals surface area (Å²) in [4.78, 5) is 25.3. The molecule has 0 N–H and O–H groups in total. The van der Waals surface area contributed by atoms with Crippen LogP contribution >= 0.6 is 0 Å². The summed E-state index contributed by atoms with van der Waals surface area (Å²) in [5.74, 6) is -0.674. The molecule has 0 saturated heterocycles. The predicted molar refractivity (Wildman–Crippen MR) is 108 cm³/mol. The Labute approximate surface area is 162 Å². The lowest BCUT2D eigenvalue weighted by Crippen LogP contribution is -2.52. The van der Waals surface area contributed by atoms with E-state index in [4.69, 9.17) is 9.47 Å². The summed E-state index contributed by atoms with van der Waals surface area (Å²) in [6.45, 7) is 14.0. The first-order valence-electron chi connectivity index (χ1n) is 9.22. The van der Waals surface area contributed by atoms with Gasteiger partial charge < -0.3 is 9.47 Å². The van der Waals surface area contributed by atoms with E-state index in [-0.39, 0.29) is 23.9 Å². The van der Waals surface area contributed by atoms with Gasteiger partial charge in [-0.05, 0) is 26.3 Å². The van der Waals surface area contributed by atoms with Crippen LogP contribution in [0.25, 0.3) is 0 Å². The van der Waals surface area contributed by atoms with E-state index in [0.717, 1.165) is 5.56 Å². The lowest BCUT2D eigenvalue weighted by atomic mass is 10.1. The average molecular weight is 391 g/mol. The number of hydrogen-bond donors (Lipinski definition) is 0. The predicted octanol–water partition coefficient (Wildman–Crippen LogP) is 4.22. The number of ether oxygens (including phenoxy) is 2. The van der Waals surface area contributed by atoms with E-state index in [1.165, 1.54) is 5.01 Å². The van der Waals surface area contributed by atoms with Crippen molar-refractivity contribution in [2.24, 2.45) is 11.0 Å². The van der Waals surface area contributed by atoms with Crippen LogP contribution in [0.3, 0.4) is 0 Å². The second-order valence-electron chi connectivity index (χ2n) is 8.97. The standard InChI is InChI=1S/C20H30N2O4Si/c1-14-16(18(23)26-20(2,3)4)21-22(17(14)27(5,6)7)19(24)25-13-15-11-9-8-10-12-15/h8-12,14,17H,13H2,1-7H3/t14-,17-/m1/s1. The van der Waals surface area contributed by atoms with Crippen molar-refractivity contribution in [3.8, 4) is 0 Å². The van der Waals surface area contributed by atoms with Gasteiger partial charge in [0.15, 0.2) is 5.71 Å². The lowest BCUT2D eigenvalue weighted by Gasteiger charge is -2.33. The zero-order chi connectivity index (χ0) is 20.4. The normalized spacial score (nSPS) is 20.3. The van der Waals surface area contributed by atoms with Gasteiger partial charge in [0.25, 0.3) is 0 Å². The molecular formula is C20H30N2O4Si. The van der Waals surface area contributed by atoms with Crippen LogP contribution in [0.15, 0.2) is 35.4 Å². The van der Waals surface area contributed by atoms with Crippen molar-refractivity contribution in [2.75, 3.05) is 0 Å². The number of amides is 1. The van der Waals surface area contributed by atoms with Crippen LogP contribution in [-0.4, -0.2) is 42.1 Å². The molecule has 1 aromatic rings. The monoisotopic (exact) mass is 390 g/mol. The zero-order valence-electron chi connectivity index (χ0n) is 17.3. The number of hydrogen-bond acceptors (Lipinski definition) is 5. The molecule has 0 aliphatic carbocycles. The van der Waals surface area contributed by atoms with E-state index in [1.807, 2.05) is 58.0 Å². The molecule has 0 bridgehead atoms. The molecule has 2 atom stereocenters. The highest BCUT2D eigenvalue weighted by molar-refractivity contribution is 6.78. The van der Waals surface area contributed by atoms with Gasteiger partial charge in [0.1, 0.15) is 12.2 Å². The molecule has 2 rings (SSSR count). The van der Waals surface area contributed by atoms with Gasteiger partial charge in [-0.25, -0.2) is 9.59 Å². The van der Waals surface area contributed by atoms with Crippen molar-refractivity contribution in [2.45, 2.75) is 65.2 Å². The highest BCUT2D eigenvalue weighted by Crippen LogP contribution is 2.31. The minimum atomic E-state index is -1.86. The molecule has 1 aromatic carbocycles. The maximum absolute atomic E-state index is 12.7. The van der Waals surface area contributed by atoms with Gasteiger partial charge in [0.05, 0.1) is 13.7 Å². The van der Waals surface area contributed by atoms with Gasteiger partial charge >= 0.3 is 12.1 Å². The number of hydrazone groups is 1. The Balaban J connectivity index is 2.21. The number of carbonyl (C=O) groups excluding carboxylic acids is 2.